The summed E-state index contributed by atoms with van der Waals surface area (Å²) in [5.74, 6) is 0. The number of hydrogen-bond acceptors (Lipinski definition) is 3. The molecule has 0 saturated carbocycles. The second-order valence-corrected chi connectivity index (χ2v) is 5.89. The van der Waals surface area contributed by atoms with E-state index in [1.54, 1.807) is 30.7 Å². The van der Waals surface area contributed by atoms with Crippen molar-refractivity contribution in [2.24, 2.45) is 0 Å². The highest BCUT2D eigenvalue weighted by molar-refractivity contribution is 6.30. The molecule has 0 fully saturated rings. The standard InChI is InChI=1S/C19H17ClN4O/c20-17-6-3-14(4-7-17)10-23-19(25)24-12-15-5-8-18(22-11-15)16-2-1-9-21-13-16/h1-9,11,13H,10,12H2,(H2,23,24,25). The predicted octanol–water partition coefficient (Wildman–Crippen LogP) is 3.80. The summed E-state index contributed by atoms with van der Waals surface area (Å²) < 4.78 is 0. The summed E-state index contributed by atoms with van der Waals surface area (Å²) in [4.78, 5) is 20.4. The van der Waals surface area contributed by atoms with Crippen LogP contribution >= 0.6 is 11.6 Å². The van der Waals surface area contributed by atoms with Crippen LogP contribution in [-0.4, -0.2) is 16.0 Å². The number of urea groups is 1. The van der Waals surface area contributed by atoms with Gasteiger partial charge in [-0.3, -0.25) is 9.97 Å². The first kappa shape index (κ1) is 16.9. The zero-order valence-electron chi connectivity index (χ0n) is 13.4. The molecule has 0 spiro atoms. The molecule has 0 radical (unpaired) electrons. The Balaban J connectivity index is 1.48. The van der Waals surface area contributed by atoms with Crippen LogP contribution in [0.5, 0.6) is 0 Å². The van der Waals surface area contributed by atoms with Gasteiger partial charge in [0.1, 0.15) is 0 Å². The van der Waals surface area contributed by atoms with Gasteiger partial charge in [0.2, 0.25) is 0 Å². The lowest BCUT2D eigenvalue weighted by Crippen LogP contribution is -2.34. The van der Waals surface area contributed by atoms with Crippen molar-refractivity contribution < 1.29 is 4.79 Å². The Kier molecular flexibility index (Phi) is 5.59. The summed E-state index contributed by atoms with van der Waals surface area (Å²) >= 11 is 5.83. The van der Waals surface area contributed by atoms with E-state index in [9.17, 15) is 4.79 Å². The van der Waals surface area contributed by atoms with Gasteiger partial charge >= 0.3 is 6.03 Å². The molecular formula is C19H17ClN4O. The van der Waals surface area contributed by atoms with Gasteiger partial charge in [-0.15, -0.1) is 0 Å². The van der Waals surface area contributed by atoms with E-state index in [0.717, 1.165) is 22.4 Å². The van der Waals surface area contributed by atoms with Gasteiger partial charge in [-0.2, -0.15) is 0 Å². The first-order chi connectivity index (χ1) is 12.2. The highest BCUT2D eigenvalue weighted by Crippen LogP contribution is 2.15. The Labute approximate surface area is 151 Å². The molecule has 2 N–H and O–H groups in total. The van der Waals surface area contributed by atoms with Crippen molar-refractivity contribution in [3.05, 3.63) is 83.3 Å². The molecule has 0 aliphatic rings. The first-order valence-electron chi connectivity index (χ1n) is 7.82. The van der Waals surface area contributed by atoms with E-state index >= 15 is 0 Å². The lowest BCUT2D eigenvalue weighted by Gasteiger charge is -2.08. The van der Waals surface area contributed by atoms with Crippen LogP contribution in [0.3, 0.4) is 0 Å². The third kappa shape index (κ3) is 5.02. The number of carbonyl (C=O) groups excluding carboxylic acids is 1. The van der Waals surface area contributed by atoms with Gasteiger partial charge in [0, 0.05) is 42.3 Å². The van der Waals surface area contributed by atoms with E-state index in [0.29, 0.717) is 18.1 Å². The number of benzene rings is 1. The third-order valence-electron chi connectivity index (χ3n) is 3.60. The molecule has 0 saturated heterocycles. The Hall–Kier alpha value is -2.92. The molecule has 1 aromatic carbocycles. The average Bonchev–Trinajstić information content (AvgIpc) is 2.67. The Bertz CT molecular complexity index is 820. The van der Waals surface area contributed by atoms with E-state index < -0.39 is 0 Å². The maximum atomic E-state index is 11.9. The number of hydrogen-bond donors (Lipinski definition) is 2. The van der Waals surface area contributed by atoms with Crippen molar-refractivity contribution in [3.8, 4) is 11.3 Å². The molecule has 0 bridgehead atoms. The number of carbonyl (C=O) groups is 1. The predicted molar refractivity (Wildman–Crippen MR) is 98.0 cm³/mol. The maximum Gasteiger partial charge on any atom is 0.315 e. The fourth-order valence-electron chi connectivity index (χ4n) is 2.24. The van der Waals surface area contributed by atoms with E-state index in [1.807, 2.05) is 36.4 Å². The van der Waals surface area contributed by atoms with E-state index in [-0.39, 0.29) is 6.03 Å². The van der Waals surface area contributed by atoms with Gasteiger partial charge in [0.15, 0.2) is 0 Å². The Morgan fingerprint density at radius 3 is 2.28 bits per heavy atom. The molecule has 3 rings (SSSR count). The number of halogens is 1. The van der Waals surface area contributed by atoms with Crippen LogP contribution in [0, 0.1) is 0 Å². The molecule has 0 atom stereocenters. The second kappa shape index (κ2) is 8.26. The van der Waals surface area contributed by atoms with Crippen LogP contribution in [-0.2, 0) is 13.1 Å². The molecule has 126 valence electrons. The minimum Gasteiger partial charge on any atom is -0.334 e. The number of amides is 2. The van der Waals surface area contributed by atoms with Gasteiger partial charge in [-0.25, -0.2) is 4.79 Å². The summed E-state index contributed by atoms with van der Waals surface area (Å²) in [6, 6.07) is 14.8. The summed E-state index contributed by atoms with van der Waals surface area (Å²) in [6.07, 6.45) is 5.25. The number of pyridine rings is 2. The summed E-state index contributed by atoms with van der Waals surface area (Å²) in [7, 11) is 0. The quantitative estimate of drug-likeness (QED) is 0.734. The van der Waals surface area contributed by atoms with Gasteiger partial charge in [0.25, 0.3) is 0 Å². The van der Waals surface area contributed by atoms with Crippen molar-refractivity contribution in [3.63, 3.8) is 0 Å². The van der Waals surface area contributed by atoms with Crippen LogP contribution in [0.2, 0.25) is 5.02 Å². The largest absolute Gasteiger partial charge is 0.334 e. The summed E-state index contributed by atoms with van der Waals surface area (Å²) in [5.41, 5.74) is 3.73. The second-order valence-electron chi connectivity index (χ2n) is 5.46. The molecule has 0 aliphatic heterocycles. The van der Waals surface area contributed by atoms with Crippen LogP contribution in [0.25, 0.3) is 11.3 Å². The van der Waals surface area contributed by atoms with Gasteiger partial charge in [-0.1, -0.05) is 29.8 Å². The smallest absolute Gasteiger partial charge is 0.315 e. The number of nitrogens with zero attached hydrogens (tertiary/aromatic N) is 2. The van der Waals surface area contributed by atoms with Crippen molar-refractivity contribution in [2.45, 2.75) is 13.1 Å². The summed E-state index contributed by atoms with van der Waals surface area (Å²) in [6.45, 7) is 0.855. The SMILES string of the molecule is O=C(NCc1ccc(Cl)cc1)NCc1ccc(-c2cccnc2)nc1. The summed E-state index contributed by atoms with van der Waals surface area (Å²) in [5, 5.41) is 6.29. The monoisotopic (exact) mass is 352 g/mol. The fourth-order valence-corrected chi connectivity index (χ4v) is 2.37. The van der Waals surface area contributed by atoms with Crippen molar-refractivity contribution >= 4 is 17.6 Å². The van der Waals surface area contributed by atoms with E-state index in [2.05, 4.69) is 20.6 Å². The zero-order valence-corrected chi connectivity index (χ0v) is 14.2. The van der Waals surface area contributed by atoms with Gasteiger partial charge < -0.3 is 10.6 Å². The number of rotatable bonds is 5. The van der Waals surface area contributed by atoms with Crippen LogP contribution < -0.4 is 10.6 Å². The van der Waals surface area contributed by atoms with Gasteiger partial charge in [-0.05, 0) is 41.5 Å². The zero-order chi connectivity index (χ0) is 17.5. The van der Waals surface area contributed by atoms with E-state index in [4.69, 9.17) is 11.6 Å². The van der Waals surface area contributed by atoms with Crippen molar-refractivity contribution in [2.75, 3.05) is 0 Å². The number of aromatic nitrogens is 2. The molecule has 2 heterocycles. The molecule has 25 heavy (non-hydrogen) atoms. The molecule has 0 unspecified atom stereocenters. The molecule has 0 aliphatic carbocycles. The topological polar surface area (TPSA) is 66.9 Å². The van der Waals surface area contributed by atoms with E-state index in [1.165, 1.54) is 0 Å². The van der Waals surface area contributed by atoms with Gasteiger partial charge in [0.05, 0.1) is 5.69 Å². The van der Waals surface area contributed by atoms with Crippen LogP contribution in [0.1, 0.15) is 11.1 Å². The molecular weight excluding hydrogens is 336 g/mol. The molecule has 6 heteroatoms. The minimum atomic E-state index is -0.230. The molecule has 2 aromatic heterocycles. The normalized spacial score (nSPS) is 10.3. The highest BCUT2D eigenvalue weighted by Gasteiger charge is 2.03. The lowest BCUT2D eigenvalue weighted by atomic mass is 10.1. The molecule has 2 amide bonds. The fraction of sp³-hybridized carbons (Fsp3) is 0.105. The maximum absolute atomic E-state index is 11.9. The molecule has 5 nitrogen and oxygen atoms in total. The van der Waals surface area contributed by atoms with Crippen LogP contribution in [0.4, 0.5) is 4.79 Å². The average molecular weight is 353 g/mol. The number of nitrogens with one attached hydrogen (secondary N) is 2. The van der Waals surface area contributed by atoms with Crippen molar-refractivity contribution in [1.29, 1.82) is 0 Å². The third-order valence-corrected chi connectivity index (χ3v) is 3.85. The molecule has 3 aromatic rings. The Morgan fingerprint density at radius 2 is 1.64 bits per heavy atom. The Morgan fingerprint density at radius 1 is 0.920 bits per heavy atom. The van der Waals surface area contributed by atoms with Crippen LogP contribution in [0.15, 0.2) is 67.1 Å². The highest BCUT2D eigenvalue weighted by atomic mass is 35.5. The first-order valence-corrected chi connectivity index (χ1v) is 8.20. The lowest BCUT2D eigenvalue weighted by molar-refractivity contribution is 0.240. The van der Waals surface area contributed by atoms with Crippen molar-refractivity contribution in [1.82, 2.24) is 20.6 Å². The minimum absolute atomic E-state index is 0.230.